The molecule has 0 saturated heterocycles. The molecule has 0 saturated carbocycles. The van der Waals surface area contributed by atoms with Crippen molar-refractivity contribution in [3.05, 3.63) is 76.1 Å². The molecule has 1 aromatic heterocycles. The summed E-state index contributed by atoms with van der Waals surface area (Å²) in [6.45, 7) is 0. The molecular weight excluding hydrogens is 302 g/mol. The molecule has 0 spiro atoms. The normalized spacial score (nSPS) is 10.8. The standard InChI is InChI=1S/C19H11N3S/c20-11-15-6-4-5-14(9-15)10-17(12-21)19-22-18(13-23-19)16-7-2-1-3-8-16/h1-10,13H. The Hall–Kier alpha value is -3.21. The molecule has 1 heterocycles. The number of aromatic nitrogens is 1. The minimum absolute atomic E-state index is 0.493. The van der Waals surface area contributed by atoms with Crippen LogP contribution in [0.1, 0.15) is 16.1 Å². The Morgan fingerprint density at radius 1 is 1.04 bits per heavy atom. The predicted molar refractivity (Wildman–Crippen MR) is 92.2 cm³/mol. The molecule has 3 rings (SSSR count). The van der Waals surface area contributed by atoms with Gasteiger partial charge in [0.1, 0.15) is 11.1 Å². The highest BCUT2D eigenvalue weighted by Gasteiger charge is 2.09. The van der Waals surface area contributed by atoms with E-state index in [1.54, 1.807) is 24.3 Å². The summed E-state index contributed by atoms with van der Waals surface area (Å²) >= 11 is 1.44. The van der Waals surface area contributed by atoms with E-state index in [9.17, 15) is 5.26 Å². The SMILES string of the molecule is N#CC(=Cc1cccc(C#N)c1)c1nc(-c2ccccc2)cs1. The summed E-state index contributed by atoms with van der Waals surface area (Å²) in [5.74, 6) is 0. The van der Waals surface area contributed by atoms with Crippen LogP contribution in [-0.2, 0) is 0 Å². The summed E-state index contributed by atoms with van der Waals surface area (Å²) in [4.78, 5) is 4.55. The highest BCUT2D eigenvalue weighted by atomic mass is 32.1. The van der Waals surface area contributed by atoms with Crippen LogP contribution in [0.2, 0.25) is 0 Å². The molecule has 0 atom stereocenters. The lowest BCUT2D eigenvalue weighted by atomic mass is 10.1. The van der Waals surface area contributed by atoms with Crippen molar-refractivity contribution >= 4 is 23.0 Å². The van der Waals surface area contributed by atoms with Gasteiger partial charge >= 0.3 is 0 Å². The first-order valence-electron chi connectivity index (χ1n) is 6.93. The Balaban J connectivity index is 1.96. The van der Waals surface area contributed by atoms with Crippen molar-refractivity contribution in [1.82, 2.24) is 4.98 Å². The van der Waals surface area contributed by atoms with Gasteiger partial charge in [0.05, 0.1) is 22.9 Å². The second-order valence-electron chi connectivity index (χ2n) is 4.81. The van der Waals surface area contributed by atoms with Crippen LogP contribution in [0.15, 0.2) is 60.0 Å². The lowest BCUT2D eigenvalue weighted by molar-refractivity contribution is 1.37. The van der Waals surface area contributed by atoms with E-state index in [1.807, 2.05) is 41.8 Å². The number of hydrogen-bond acceptors (Lipinski definition) is 4. The monoisotopic (exact) mass is 313 g/mol. The molecule has 0 radical (unpaired) electrons. The van der Waals surface area contributed by atoms with E-state index in [-0.39, 0.29) is 0 Å². The van der Waals surface area contributed by atoms with E-state index >= 15 is 0 Å². The number of benzene rings is 2. The van der Waals surface area contributed by atoms with Gasteiger partial charge in [0.25, 0.3) is 0 Å². The van der Waals surface area contributed by atoms with Crippen molar-refractivity contribution in [1.29, 1.82) is 10.5 Å². The molecule has 0 bridgehead atoms. The Labute approximate surface area is 138 Å². The van der Waals surface area contributed by atoms with Crippen LogP contribution in [0.5, 0.6) is 0 Å². The smallest absolute Gasteiger partial charge is 0.134 e. The number of allylic oxidation sites excluding steroid dienone is 1. The van der Waals surface area contributed by atoms with Crippen molar-refractivity contribution in [3.63, 3.8) is 0 Å². The molecule has 2 aromatic carbocycles. The first-order chi connectivity index (χ1) is 11.3. The van der Waals surface area contributed by atoms with E-state index in [2.05, 4.69) is 17.1 Å². The highest BCUT2D eigenvalue weighted by molar-refractivity contribution is 7.11. The molecule has 0 aliphatic rings. The van der Waals surface area contributed by atoms with Crippen molar-refractivity contribution in [2.75, 3.05) is 0 Å². The first kappa shape index (κ1) is 14.7. The van der Waals surface area contributed by atoms with Gasteiger partial charge in [-0.2, -0.15) is 10.5 Å². The Bertz CT molecular complexity index is 940. The lowest BCUT2D eigenvalue weighted by Gasteiger charge is -1.97. The second-order valence-corrected chi connectivity index (χ2v) is 5.67. The maximum atomic E-state index is 9.43. The van der Waals surface area contributed by atoms with E-state index < -0.39 is 0 Å². The van der Waals surface area contributed by atoms with Crippen molar-refractivity contribution in [3.8, 4) is 23.4 Å². The Morgan fingerprint density at radius 2 is 1.87 bits per heavy atom. The van der Waals surface area contributed by atoms with Crippen LogP contribution < -0.4 is 0 Å². The maximum Gasteiger partial charge on any atom is 0.134 e. The molecule has 0 fully saturated rings. The fourth-order valence-corrected chi connectivity index (χ4v) is 2.94. The highest BCUT2D eigenvalue weighted by Crippen LogP contribution is 2.27. The van der Waals surface area contributed by atoms with E-state index in [0.29, 0.717) is 16.1 Å². The summed E-state index contributed by atoms with van der Waals surface area (Å²) < 4.78 is 0. The molecule has 4 heteroatoms. The molecule has 0 N–H and O–H groups in total. The lowest BCUT2D eigenvalue weighted by Crippen LogP contribution is -1.83. The molecule has 108 valence electrons. The van der Waals surface area contributed by atoms with Gasteiger partial charge < -0.3 is 0 Å². The second kappa shape index (κ2) is 6.70. The van der Waals surface area contributed by atoms with Gasteiger partial charge in [-0.1, -0.05) is 42.5 Å². The van der Waals surface area contributed by atoms with Crippen LogP contribution in [0.4, 0.5) is 0 Å². The molecule has 0 aliphatic heterocycles. The zero-order valence-corrected chi connectivity index (χ0v) is 12.9. The quantitative estimate of drug-likeness (QED) is 0.656. The molecule has 3 nitrogen and oxygen atoms in total. The number of thiazole rings is 1. The van der Waals surface area contributed by atoms with Gasteiger partial charge in [-0.25, -0.2) is 4.98 Å². The number of hydrogen-bond donors (Lipinski definition) is 0. The Morgan fingerprint density at radius 3 is 2.61 bits per heavy atom. The minimum Gasteiger partial charge on any atom is -0.235 e. The van der Waals surface area contributed by atoms with Gasteiger partial charge in [-0.15, -0.1) is 11.3 Å². The summed E-state index contributed by atoms with van der Waals surface area (Å²) in [7, 11) is 0. The average molecular weight is 313 g/mol. The van der Waals surface area contributed by atoms with Gasteiger partial charge in [0.15, 0.2) is 0 Å². The third kappa shape index (κ3) is 3.35. The van der Waals surface area contributed by atoms with Crippen molar-refractivity contribution in [2.24, 2.45) is 0 Å². The van der Waals surface area contributed by atoms with Gasteiger partial charge in [-0.05, 0) is 23.8 Å². The number of nitrogens with zero attached hydrogens (tertiary/aromatic N) is 3. The molecule has 23 heavy (non-hydrogen) atoms. The summed E-state index contributed by atoms with van der Waals surface area (Å²) in [5.41, 5.74) is 3.76. The largest absolute Gasteiger partial charge is 0.235 e. The summed E-state index contributed by atoms with van der Waals surface area (Å²) in [6, 6.07) is 21.3. The maximum absolute atomic E-state index is 9.43. The predicted octanol–water partition coefficient (Wildman–Crippen LogP) is 4.75. The molecule has 0 aliphatic carbocycles. The summed E-state index contributed by atoms with van der Waals surface area (Å²) in [5, 5.41) is 21.0. The fourth-order valence-electron chi connectivity index (χ4n) is 2.15. The molecular formula is C19H11N3S. The first-order valence-corrected chi connectivity index (χ1v) is 7.81. The molecule has 0 unspecified atom stereocenters. The third-order valence-electron chi connectivity index (χ3n) is 3.25. The number of nitriles is 2. The van der Waals surface area contributed by atoms with Gasteiger partial charge in [0, 0.05) is 10.9 Å². The average Bonchev–Trinajstić information content (AvgIpc) is 3.10. The van der Waals surface area contributed by atoms with Crippen LogP contribution in [0.25, 0.3) is 22.9 Å². The van der Waals surface area contributed by atoms with Crippen LogP contribution in [-0.4, -0.2) is 4.98 Å². The van der Waals surface area contributed by atoms with Crippen LogP contribution >= 0.6 is 11.3 Å². The fraction of sp³-hybridized carbons (Fsp3) is 0. The van der Waals surface area contributed by atoms with Crippen LogP contribution in [0.3, 0.4) is 0 Å². The van der Waals surface area contributed by atoms with E-state index in [4.69, 9.17) is 5.26 Å². The molecule has 0 amide bonds. The summed E-state index contributed by atoms with van der Waals surface area (Å²) in [6.07, 6.45) is 1.76. The third-order valence-corrected chi connectivity index (χ3v) is 4.13. The van der Waals surface area contributed by atoms with Crippen molar-refractivity contribution in [2.45, 2.75) is 0 Å². The Kier molecular flexibility index (Phi) is 4.29. The van der Waals surface area contributed by atoms with Gasteiger partial charge in [0.2, 0.25) is 0 Å². The van der Waals surface area contributed by atoms with Gasteiger partial charge in [-0.3, -0.25) is 0 Å². The minimum atomic E-state index is 0.493. The van der Waals surface area contributed by atoms with Crippen molar-refractivity contribution < 1.29 is 0 Å². The van der Waals surface area contributed by atoms with E-state index in [0.717, 1.165) is 16.8 Å². The zero-order chi connectivity index (χ0) is 16.1. The molecule has 3 aromatic rings. The van der Waals surface area contributed by atoms with E-state index in [1.165, 1.54) is 11.3 Å². The topological polar surface area (TPSA) is 60.5 Å². The number of rotatable bonds is 3. The zero-order valence-electron chi connectivity index (χ0n) is 12.1. The van der Waals surface area contributed by atoms with Crippen LogP contribution in [0, 0.1) is 22.7 Å².